The van der Waals surface area contributed by atoms with Crippen LogP contribution in [0.25, 0.3) is 0 Å². The second-order valence-corrected chi connectivity index (χ2v) is 9.74. The van der Waals surface area contributed by atoms with Crippen molar-refractivity contribution < 1.29 is 23.9 Å². The smallest absolute Gasteiger partial charge is 0.340 e. The third-order valence-electron chi connectivity index (χ3n) is 6.19. The maximum absolute atomic E-state index is 12.6. The molecule has 8 heteroatoms. The molecule has 2 amide bonds. The van der Waals surface area contributed by atoms with E-state index in [1.165, 1.54) is 43.2 Å². The molecule has 2 atom stereocenters. The molecule has 3 rings (SSSR count). The molecule has 1 aliphatic carbocycles. The summed E-state index contributed by atoms with van der Waals surface area (Å²) in [7, 11) is 0. The van der Waals surface area contributed by atoms with Gasteiger partial charge in [-0.05, 0) is 44.2 Å². The van der Waals surface area contributed by atoms with Gasteiger partial charge >= 0.3 is 5.97 Å². The van der Waals surface area contributed by atoms with E-state index < -0.39 is 17.7 Å². The number of fused-ring (bicyclic) bond motifs is 1. The van der Waals surface area contributed by atoms with E-state index in [1.807, 2.05) is 23.1 Å². The molecule has 2 aliphatic rings. The van der Waals surface area contributed by atoms with Gasteiger partial charge in [0.25, 0.3) is 0 Å². The Hall–Kier alpha value is -2.74. The fraction of sp³-hybridized carbons (Fsp3) is 0.577. The van der Waals surface area contributed by atoms with Gasteiger partial charge in [-0.25, -0.2) is 9.18 Å². The molecule has 0 bridgehead atoms. The SMILES string of the molecule is CC(C)(F)C(=O)O.C[C@H](N)C(=O)N[C@H](/C=C/C(=O)N1Cc2ccccc2C1)CC1CCCCC1. The summed E-state index contributed by atoms with van der Waals surface area (Å²) in [5.74, 6) is -0.989. The summed E-state index contributed by atoms with van der Waals surface area (Å²) in [6, 6.07) is 7.47. The van der Waals surface area contributed by atoms with Crippen LogP contribution in [0.5, 0.6) is 0 Å². The van der Waals surface area contributed by atoms with Crippen molar-refractivity contribution in [3.05, 3.63) is 47.5 Å². The lowest BCUT2D eigenvalue weighted by molar-refractivity contribution is -0.148. The molecule has 1 aromatic rings. The van der Waals surface area contributed by atoms with E-state index in [4.69, 9.17) is 10.8 Å². The Morgan fingerprint density at radius 2 is 1.71 bits per heavy atom. The van der Waals surface area contributed by atoms with E-state index in [2.05, 4.69) is 17.4 Å². The molecule has 1 saturated carbocycles. The third-order valence-corrected chi connectivity index (χ3v) is 6.19. The number of alkyl halides is 1. The predicted octanol–water partition coefficient (Wildman–Crippen LogP) is 3.71. The van der Waals surface area contributed by atoms with Crippen LogP contribution in [0.2, 0.25) is 0 Å². The molecule has 7 nitrogen and oxygen atoms in total. The fourth-order valence-electron chi connectivity index (χ4n) is 4.07. The summed E-state index contributed by atoms with van der Waals surface area (Å²) < 4.78 is 11.9. The molecule has 1 aliphatic heterocycles. The Labute approximate surface area is 201 Å². The highest BCUT2D eigenvalue weighted by Gasteiger charge is 2.25. The van der Waals surface area contributed by atoms with Crippen molar-refractivity contribution in [1.29, 1.82) is 0 Å². The average molecular weight is 476 g/mol. The van der Waals surface area contributed by atoms with Gasteiger partial charge in [0.15, 0.2) is 0 Å². The molecular weight excluding hydrogens is 437 g/mol. The Bertz CT molecular complexity index is 848. The predicted molar refractivity (Wildman–Crippen MR) is 129 cm³/mol. The minimum absolute atomic E-state index is 0.00473. The van der Waals surface area contributed by atoms with E-state index in [-0.39, 0.29) is 17.9 Å². The van der Waals surface area contributed by atoms with Gasteiger partial charge < -0.3 is 21.1 Å². The number of nitrogens with zero attached hydrogens (tertiary/aromatic N) is 1. The van der Waals surface area contributed by atoms with Gasteiger partial charge in [0, 0.05) is 25.2 Å². The van der Waals surface area contributed by atoms with Crippen LogP contribution in [-0.2, 0) is 27.5 Å². The molecule has 4 N–H and O–H groups in total. The molecule has 0 radical (unpaired) electrons. The third kappa shape index (κ3) is 8.89. The van der Waals surface area contributed by atoms with Crippen LogP contribution < -0.4 is 11.1 Å². The summed E-state index contributed by atoms with van der Waals surface area (Å²) in [5, 5.41) is 10.9. The standard InChI is InChI=1S/C22H31N3O2.C4H7FO2/c1-16(23)22(27)24-20(13-17-7-3-2-4-8-17)11-12-21(26)25-14-18-9-5-6-10-19(18)15-25;1-4(2,5)3(6)7/h5-6,9-12,16-17,20H,2-4,7-8,13-15,23H2,1H3,(H,24,27);1-2H3,(H,6,7)/b12-11+;/t16-,20+;/m0./s1. The number of amides is 2. The summed E-state index contributed by atoms with van der Waals surface area (Å²) in [6.45, 7) is 4.98. The van der Waals surface area contributed by atoms with E-state index in [9.17, 15) is 18.8 Å². The van der Waals surface area contributed by atoms with Crippen LogP contribution in [-0.4, -0.2) is 45.5 Å². The number of benzene rings is 1. The lowest BCUT2D eigenvalue weighted by Crippen LogP contribution is -2.44. The summed E-state index contributed by atoms with van der Waals surface area (Å²) in [6.07, 6.45) is 10.6. The Morgan fingerprint density at radius 1 is 1.18 bits per heavy atom. The summed E-state index contributed by atoms with van der Waals surface area (Å²) in [4.78, 5) is 36.2. The van der Waals surface area contributed by atoms with Crippen LogP contribution in [0.1, 0.15) is 70.4 Å². The number of carboxylic acid groups (broad SMARTS) is 1. The summed E-state index contributed by atoms with van der Waals surface area (Å²) >= 11 is 0. The van der Waals surface area contributed by atoms with Gasteiger partial charge in [0.1, 0.15) is 0 Å². The molecule has 0 spiro atoms. The Morgan fingerprint density at radius 3 is 2.18 bits per heavy atom. The second kappa shape index (κ2) is 12.6. The zero-order valence-electron chi connectivity index (χ0n) is 20.4. The first-order valence-electron chi connectivity index (χ1n) is 12.0. The average Bonchev–Trinajstić information content (AvgIpc) is 3.22. The van der Waals surface area contributed by atoms with E-state index in [0.29, 0.717) is 19.0 Å². The topological polar surface area (TPSA) is 113 Å². The van der Waals surface area contributed by atoms with Gasteiger partial charge in [0.2, 0.25) is 17.5 Å². The number of hydrogen-bond donors (Lipinski definition) is 3. The molecule has 188 valence electrons. The highest BCUT2D eigenvalue weighted by molar-refractivity contribution is 5.88. The van der Waals surface area contributed by atoms with Crippen molar-refractivity contribution in [2.75, 3.05) is 0 Å². The number of carbonyl (C=O) groups excluding carboxylic acids is 2. The summed E-state index contributed by atoms with van der Waals surface area (Å²) in [5.41, 5.74) is 6.05. The van der Waals surface area contributed by atoms with Crippen LogP contribution in [0.3, 0.4) is 0 Å². The maximum atomic E-state index is 12.6. The zero-order valence-corrected chi connectivity index (χ0v) is 20.4. The number of aliphatic carboxylic acids is 1. The van der Waals surface area contributed by atoms with Gasteiger partial charge in [-0.1, -0.05) is 62.4 Å². The molecule has 1 aromatic carbocycles. The van der Waals surface area contributed by atoms with Crippen molar-refractivity contribution in [2.24, 2.45) is 11.7 Å². The molecular formula is C26H38FN3O4. The maximum Gasteiger partial charge on any atom is 0.340 e. The van der Waals surface area contributed by atoms with Crippen molar-refractivity contribution in [1.82, 2.24) is 10.2 Å². The minimum Gasteiger partial charge on any atom is -0.479 e. The quantitative estimate of drug-likeness (QED) is 0.521. The lowest BCUT2D eigenvalue weighted by atomic mass is 9.84. The second-order valence-electron chi connectivity index (χ2n) is 9.74. The number of nitrogens with two attached hydrogens (primary N) is 1. The number of halogens is 1. The number of carbonyl (C=O) groups is 3. The molecule has 1 fully saturated rings. The highest BCUT2D eigenvalue weighted by atomic mass is 19.1. The first-order valence-corrected chi connectivity index (χ1v) is 12.0. The number of hydrogen-bond acceptors (Lipinski definition) is 4. The monoisotopic (exact) mass is 475 g/mol. The number of carboxylic acids is 1. The van der Waals surface area contributed by atoms with Crippen LogP contribution >= 0.6 is 0 Å². The molecule has 1 heterocycles. The highest BCUT2D eigenvalue weighted by Crippen LogP contribution is 2.28. The van der Waals surface area contributed by atoms with E-state index >= 15 is 0 Å². The number of nitrogens with one attached hydrogen (secondary N) is 1. The van der Waals surface area contributed by atoms with Gasteiger partial charge in [-0.2, -0.15) is 0 Å². The molecule has 0 aromatic heterocycles. The minimum atomic E-state index is -2.08. The van der Waals surface area contributed by atoms with Gasteiger partial charge in [-0.15, -0.1) is 0 Å². The van der Waals surface area contributed by atoms with Crippen molar-refractivity contribution in [3.8, 4) is 0 Å². The van der Waals surface area contributed by atoms with Crippen molar-refractivity contribution >= 4 is 17.8 Å². The fourth-order valence-corrected chi connectivity index (χ4v) is 4.07. The lowest BCUT2D eigenvalue weighted by Gasteiger charge is -2.26. The van der Waals surface area contributed by atoms with Crippen molar-refractivity contribution in [2.45, 2.75) is 90.1 Å². The normalized spacial score (nSPS) is 18.0. The Balaban J connectivity index is 0.000000509. The molecule has 0 unspecified atom stereocenters. The van der Waals surface area contributed by atoms with Crippen LogP contribution in [0.4, 0.5) is 4.39 Å². The molecule has 0 saturated heterocycles. The largest absolute Gasteiger partial charge is 0.479 e. The van der Waals surface area contributed by atoms with E-state index in [0.717, 1.165) is 20.3 Å². The first-order chi connectivity index (χ1) is 16.0. The van der Waals surface area contributed by atoms with Crippen LogP contribution in [0.15, 0.2) is 36.4 Å². The Kier molecular flexibility index (Phi) is 10.2. The van der Waals surface area contributed by atoms with Gasteiger partial charge in [0.05, 0.1) is 6.04 Å². The number of rotatable bonds is 7. The van der Waals surface area contributed by atoms with Gasteiger partial charge in [-0.3, -0.25) is 9.59 Å². The first kappa shape index (κ1) is 27.5. The molecule has 34 heavy (non-hydrogen) atoms. The van der Waals surface area contributed by atoms with E-state index in [1.54, 1.807) is 13.0 Å². The zero-order chi connectivity index (χ0) is 25.3. The van der Waals surface area contributed by atoms with Crippen molar-refractivity contribution in [3.63, 3.8) is 0 Å². The van der Waals surface area contributed by atoms with Crippen LogP contribution in [0, 0.1) is 5.92 Å².